The van der Waals surface area contributed by atoms with Crippen molar-refractivity contribution in [2.45, 2.75) is 30.7 Å². The van der Waals surface area contributed by atoms with Crippen molar-refractivity contribution >= 4 is 26.0 Å². The van der Waals surface area contributed by atoms with Crippen LogP contribution in [0.1, 0.15) is 18.4 Å². The van der Waals surface area contributed by atoms with E-state index in [-0.39, 0.29) is 19.2 Å². The topological polar surface area (TPSA) is 57.6 Å². The summed E-state index contributed by atoms with van der Waals surface area (Å²) in [7, 11) is -3.49. The van der Waals surface area contributed by atoms with Crippen LogP contribution in [-0.2, 0) is 10.0 Å². The summed E-state index contributed by atoms with van der Waals surface area (Å²) in [6.07, 6.45) is 1.77. The second-order valence-corrected chi connectivity index (χ2v) is 7.26. The van der Waals surface area contributed by atoms with Gasteiger partial charge in [0.05, 0.1) is 11.5 Å². The lowest BCUT2D eigenvalue weighted by molar-refractivity contribution is 0.250. The lowest BCUT2D eigenvalue weighted by Crippen LogP contribution is -2.35. The van der Waals surface area contributed by atoms with Gasteiger partial charge in [-0.15, -0.1) is 0 Å². The van der Waals surface area contributed by atoms with E-state index in [1.807, 2.05) is 0 Å². The highest BCUT2D eigenvalue weighted by Gasteiger charge is 2.38. The Hall–Kier alpha value is -0.430. The van der Waals surface area contributed by atoms with Crippen LogP contribution >= 0.6 is 15.9 Å². The molecule has 0 atom stereocenters. The largest absolute Gasteiger partial charge is 0.395 e. The summed E-state index contributed by atoms with van der Waals surface area (Å²) in [5.74, 6) is 0. The van der Waals surface area contributed by atoms with Crippen LogP contribution in [0.15, 0.2) is 27.6 Å². The minimum absolute atomic E-state index is 0.0604. The number of aliphatic hydroxyl groups is 1. The maximum absolute atomic E-state index is 12.5. The van der Waals surface area contributed by atoms with Crippen molar-refractivity contribution < 1.29 is 13.5 Å². The summed E-state index contributed by atoms with van der Waals surface area (Å²) in [4.78, 5) is 0.325. The predicted octanol–water partition coefficient (Wildman–Crippen LogP) is 1.90. The lowest BCUT2D eigenvalue weighted by atomic mass is 10.2. The number of aliphatic hydroxyl groups excluding tert-OH is 1. The summed E-state index contributed by atoms with van der Waals surface area (Å²) < 4.78 is 27.4. The molecule has 0 unspecified atom stereocenters. The van der Waals surface area contributed by atoms with Gasteiger partial charge in [-0.3, -0.25) is 0 Å². The molecule has 1 aliphatic rings. The van der Waals surface area contributed by atoms with Gasteiger partial charge in [0.25, 0.3) is 0 Å². The average molecular weight is 334 g/mol. The Bertz CT molecular complexity index is 540. The molecule has 100 valence electrons. The Labute approximate surface area is 116 Å². The second kappa shape index (κ2) is 5.28. The van der Waals surface area contributed by atoms with E-state index in [9.17, 15) is 8.42 Å². The molecule has 0 radical (unpaired) electrons. The van der Waals surface area contributed by atoms with Gasteiger partial charge in [0, 0.05) is 17.1 Å². The van der Waals surface area contributed by atoms with Gasteiger partial charge in [-0.25, -0.2) is 8.42 Å². The normalized spacial score (nSPS) is 16.2. The molecule has 0 bridgehead atoms. The van der Waals surface area contributed by atoms with Gasteiger partial charge in [0.1, 0.15) is 0 Å². The molecule has 2 rings (SSSR count). The van der Waals surface area contributed by atoms with Gasteiger partial charge in [0.2, 0.25) is 10.0 Å². The van der Waals surface area contributed by atoms with Crippen molar-refractivity contribution in [3.63, 3.8) is 0 Å². The van der Waals surface area contributed by atoms with Crippen LogP contribution < -0.4 is 0 Å². The van der Waals surface area contributed by atoms with Crippen molar-refractivity contribution in [1.82, 2.24) is 4.31 Å². The van der Waals surface area contributed by atoms with Gasteiger partial charge in [-0.2, -0.15) is 4.31 Å². The van der Waals surface area contributed by atoms with E-state index >= 15 is 0 Å². The fourth-order valence-corrected chi connectivity index (χ4v) is 4.35. The van der Waals surface area contributed by atoms with Crippen LogP contribution in [0, 0.1) is 6.92 Å². The number of sulfonamides is 1. The third-order valence-corrected chi connectivity index (χ3v) is 5.60. The first-order valence-electron chi connectivity index (χ1n) is 5.85. The molecule has 1 aromatic rings. The quantitative estimate of drug-likeness (QED) is 0.895. The van der Waals surface area contributed by atoms with Gasteiger partial charge >= 0.3 is 0 Å². The highest BCUT2D eigenvalue weighted by molar-refractivity contribution is 9.10. The van der Waals surface area contributed by atoms with E-state index in [2.05, 4.69) is 15.9 Å². The average Bonchev–Trinajstić information content (AvgIpc) is 3.08. The Morgan fingerprint density at radius 3 is 2.61 bits per heavy atom. The van der Waals surface area contributed by atoms with E-state index in [0.29, 0.717) is 10.5 Å². The first kappa shape index (κ1) is 14.0. The molecule has 4 nitrogen and oxygen atoms in total. The summed E-state index contributed by atoms with van der Waals surface area (Å²) in [6, 6.07) is 5.19. The fourth-order valence-electron chi connectivity index (χ4n) is 1.99. The van der Waals surface area contributed by atoms with Crippen molar-refractivity contribution in [2.24, 2.45) is 0 Å². The zero-order valence-corrected chi connectivity index (χ0v) is 12.5. The van der Waals surface area contributed by atoms with Crippen LogP contribution in [0.4, 0.5) is 0 Å². The summed E-state index contributed by atoms with van der Waals surface area (Å²) in [5, 5.41) is 9.02. The van der Waals surface area contributed by atoms with Gasteiger partial charge in [-0.1, -0.05) is 15.9 Å². The lowest BCUT2D eigenvalue weighted by Gasteiger charge is -2.22. The molecule has 18 heavy (non-hydrogen) atoms. The third kappa shape index (κ3) is 2.77. The number of halogens is 1. The minimum Gasteiger partial charge on any atom is -0.395 e. The first-order chi connectivity index (χ1) is 8.46. The summed E-state index contributed by atoms with van der Waals surface area (Å²) in [6.45, 7) is 1.80. The molecule has 6 heteroatoms. The molecule has 0 spiro atoms. The van der Waals surface area contributed by atoms with Gasteiger partial charge in [0.15, 0.2) is 0 Å². The number of rotatable bonds is 5. The number of hydrogen-bond acceptors (Lipinski definition) is 3. The monoisotopic (exact) mass is 333 g/mol. The highest BCUT2D eigenvalue weighted by Crippen LogP contribution is 2.33. The van der Waals surface area contributed by atoms with E-state index in [1.165, 1.54) is 4.31 Å². The van der Waals surface area contributed by atoms with E-state index in [1.54, 1.807) is 25.1 Å². The number of benzene rings is 1. The highest BCUT2D eigenvalue weighted by atomic mass is 79.9. The maximum atomic E-state index is 12.5. The Kier molecular flexibility index (Phi) is 4.11. The van der Waals surface area contributed by atoms with E-state index < -0.39 is 10.0 Å². The summed E-state index contributed by atoms with van der Waals surface area (Å²) >= 11 is 3.32. The molecule has 1 fully saturated rings. The van der Waals surface area contributed by atoms with Crippen LogP contribution in [0.5, 0.6) is 0 Å². The standard InChI is InChI=1S/C12H16BrNO3S/c1-9-8-10(13)2-5-12(9)18(16,17)14(6-7-15)11-3-4-11/h2,5,8,11,15H,3-4,6-7H2,1H3. The smallest absolute Gasteiger partial charge is 0.243 e. The van der Waals surface area contributed by atoms with Crippen molar-refractivity contribution in [3.05, 3.63) is 28.2 Å². The second-order valence-electron chi connectivity index (χ2n) is 4.48. The number of hydrogen-bond donors (Lipinski definition) is 1. The Morgan fingerprint density at radius 2 is 2.11 bits per heavy atom. The Balaban J connectivity index is 2.39. The van der Waals surface area contributed by atoms with Crippen LogP contribution in [0.25, 0.3) is 0 Å². The number of aryl methyl sites for hydroxylation is 1. The van der Waals surface area contributed by atoms with Crippen LogP contribution in [0.3, 0.4) is 0 Å². The zero-order valence-electron chi connectivity index (χ0n) is 10.1. The van der Waals surface area contributed by atoms with Crippen molar-refractivity contribution in [2.75, 3.05) is 13.2 Å². The molecular weight excluding hydrogens is 318 g/mol. The minimum atomic E-state index is -3.49. The van der Waals surface area contributed by atoms with E-state index in [4.69, 9.17) is 5.11 Å². The molecule has 1 saturated carbocycles. The van der Waals surface area contributed by atoms with Crippen LogP contribution in [0.2, 0.25) is 0 Å². The Morgan fingerprint density at radius 1 is 1.44 bits per heavy atom. The third-order valence-electron chi connectivity index (χ3n) is 3.00. The van der Waals surface area contributed by atoms with Gasteiger partial charge < -0.3 is 5.11 Å². The maximum Gasteiger partial charge on any atom is 0.243 e. The molecule has 0 aliphatic heterocycles. The molecule has 0 amide bonds. The molecular formula is C12H16BrNO3S. The first-order valence-corrected chi connectivity index (χ1v) is 8.09. The van der Waals surface area contributed by atoms with Gasteiger partial charge in [-0.05, 0) is 43.5 Å². The van der Waals surface area contributed by atoms with Crippen molar-refractivity contribution in [3.8, 4) is 0 Å². The van der Waals surface area contributed by atoms with Crippen LogP contribution in [-0.4, -0.2) is 37.0 Å². The zero-order chi connectivity index (χ0) is 13.3. The van der Waals surface area contributed by atoms with E-state index in [0.717, 1.165) is 17.3 Å². The summed E-state index contributed by atoms with van der Waals surface area (Å²) in [5.41, 5.74) is 0.716. The van der Waals surface area contributed by atoms with Crippen molar-refractivity contribution in [1.29, 1.82) is 0 Å². The molecule has 0 aromatic heterocycles. The predicted molar refractivity (Wildman–Crippen MR) is 72.9 cm³/mol. The molecule has 1 N–H and O–H groups in total. The SMILES string of the molecule is Cc1cc(Br)ccc1S(=O)(=O)N(CCO)C1CC1. The molecule has 0 saturated heterocycles. The molecule has 1 aromatic carbocycles. The number of nitrogens with zero attached hydrogens (tertiary/aromatic N) is 1. The molecule has 1 aliphatic carbocycles. The fraction of sp³-hybridized carbons (Fsp3) is 0.500. The molecule has 0 heterocycles.